The molecule has 3 unspecified atom stereocenters. The number of nitrogens with two attached hydrogens (primary N) is 2. The van der Waals surface area contributed by atoms with Crippen molar-refractivity contribution in [3.05, 3.63) is 0 Å². The summed E-state index contributed by atoms with van der Waals surface area (Å²) in [6, 6.07) is -3.94. The highest BCUT2D eigenvalue weighted by Crippen LogP contribution is 1.91. The van der Waals surface area contributed by atoms with Gasteiger partial charge in [0.1, 0.15) is 12.1 Å². The molecule has 0 aliphatic heterocycles. The summed E-state index contributed by atoms with van der Waals surface area (Å²) in [4.78, 5) is 56.4. The molecule has 0 saturated heterocycles. The third-order valence-corrected chi connectivity index (χ3v) is 3.18. The van der Waals surface area contributed by atoms with Crippen molar-refractivity contribution in [1.82, 2.24) is 16.0 Å². The Hall–Kier alpha value is -2.38. The largest absolute Gasteiger partial charge is 0.480 e. The molecule has 0 spiro atoms. The molecule has 0 aromatic rings. The number of primary amides is 1. The highest BCUT2D eigenvalue weighted by molar-refractivity contribution is 7.80. The number of aliphatic carboxylic acids is 1. The molecule has 0 aliphatic rings. The number of hydrogen-bond donors (Lipinski definition) is 8. The summed E-state index contributed by atoms with van der Waals surface area (Å²) in [6.07, 6.45) is -0.450. The number of thiol groups is 1. The summed E-state index contributed by atoms with van der Waals surface area (Å²) in [6.45, 7) is -1.38. The maximum absolute atomic E-state index is 11.8. The molecule has 0 radical (unpaired) electrons. The molecule has 4 amide bonds. The number of aliphatic hydroxyl groups is 1. The Labute approximate surface area is 148 Å². The fourth-order valence-electron chi connectivity index (χ4n) is 1.50. The van der Waals surface area contributed by atoms with Crippen LogP contribution in [0.15, 0.2) is 0 Å². The van der Waals surface area contributed by atoms with Crippen LogP contribution in [0.5, 0.6) is 0 Å². The van der Waals surface area contributed by atoms with E-state index in [1.807, 2.05) is 0 Å². The van der Waals surface area contributed by atoms with Crippen molar-refractivity contribution >= 4 is 42.2 Å². The summed E-state index contributed by atoms with van der Waals surface area (Å²) >= 11 is 3.76. The van der Waals surface area contributed by atoms with Gasteiger partial charge >= 0.3 is 5.97 Å². The van der Waals surface area contributed by atoms with Crippen LogP contribution in [0.1, 0.15) is 6.42 Å². The van der Waals surface area contributed by atoms with Gasteiger partial charge in [0.2, 0.25) is 23.6 Å². The predicted molar refractivity (Wildman–Crippen MR) is 87.2 cm³/mol. The number of carboxylic acids is 1. The zero-order chi connectivity index (χ0) is 19.6. The smallest absolute Gasteiger partial charge is 0.327 e. The Morgan fingerprint density at radius 3 is 2.08 bits per heavy atom. The molecule has 0 bridgehead atoms. The van der Waals surface area contributed by atoms with Crippen LogP contribution in [0.3, 0.4) is 0 Å². The number of carboxylic acid groups (broad SMARTS) is 1. The molecule has 0 fully saturated rings. The van der Waals surface area contributed by atoms with E-state index in [0.29, 0.717) is 0 Å². The third kappa shape index (κ3) is 8.88. The second kappa shape index (κ2) is 11.2. The Morgan fingerprint density at radius 1 is 1.04 bits per heavy atom. The van der Waals surface area contributed by atoms with Crippen molar-refractivity contribution < 1.29 is 34.2 Å². The van der Waals surface area contributed by atoms with Crippen LogP contribution in [0.25, 0.3) is 0 Å². The minimum Gasteiger partial charge on any atom is -0.480 e. The average molecular weight is 379 g/mol. The highest BCUT2D eigenvalue weighted by Gasteiger charge is 2.25. The van der Waals surface area contributed by atoms with Crippen molar-refractivity contribution in [2.24, 2.45) is 11.5 Å². The fraction of sp³-hybridized carbons (Fsp3) is 0.583. The Morgan fingerprint density at radius 2 is 1.64 bits per heavy atom. The first-order valence-corrected chi connectivity index (χ1v) is 7.61. The standard InChI is InChI=1S/C12H21N5O7S/c13-5(1-8(14)19)10(21)17-6(3-18)11(22)15-2-9(20)16-7(4-25)12(23)24/h5-7,18,25H,1-4,13H2,(H2,14,19)(H,15,22)(H,16,20)(H,17,21)(H,23,24). The number of amides is 4. The fourth-order valence-corrected chi connectivity index (χ4v) is 1.75. The van der Waals surface area contributed by atoms with Crippen molar-refractivity contribution in [3.8, 4) is 0 Å². The SMILES string of the molecule is NC(=O)CC(N)C(=O)NC(CO)C(=O)NCC(=O)NC(CS)C(=O)O. The van der Waals surface area contributed by atoms with E-state index >= 15 is 0 Å². The van der Waals surface area contributed by atoms with E-state index in [0.717, 1.165) is 0 Å². The first-order chi connectivity index (χ1) is 11.6. The monoisotopic (exact) mass is 379 g/mol. The molecule has 12 nitrogen and oxygen atoms in total. The lowest BCUT2D eigenvalue weighted by atomic mass is 10.2. The Balaban J connectivity index is 4.50. The number of hydrogen-bond acceptors (Lipinski definition) is 8. The molecule has 0 saturated carbocycles. The number of rotatable bonds is 11. The van der Waals surface area contributed by atoms with Gasteiger partial charge in [-0.25, -0.2) is 4.79 Å². The van der Waals surface area contributed by atoms with E-state index < -0.39 is 67.3 Å². The van der Waals surface area contributed by atoms with Gasteiger partial charge in [-0.05, 0) is 0 Å². The van der Waals surface area contributed by atoms with Crippen LogP contribution in [0.2, 0.25) is 0 Å². The summed E-state index contributed by atoms with van der Waals surface area (Å²) in [5.74, 6) is -4.86. The minimum atomic E-state index is -1.42. The minimum absolute atomic E-state index is 0.151. The molecule has 0 heterocycles. The number of nitrogens with one attached hydrogen (secondary N) is 3. The Bertz CT molecular complexity index is 530. The normalized spacial score (nSPS) is 13.9. The average Bonchev–Trinajstić information content (AvgIpc) is 2.53. The topological polar surface area (TPSA) is 214 Å². The quantitative estimate of drug-likeness (QED) is 0.163. The predicted octanol–water partition coefficient (Wildman–Crippen LogP) is -4.72. The van der Waals surface area contributed by atoms with Crippen molar-refractivity contribution in [3.63, 3.8) is 0 Å². The number of aliphatic hydroxyl groups excluding tert-OH is 1. The van der Waals surface area contributed by atoms with Gasteiger partial charge in [-0.1, -0.05) is 0 Å². The maximum atomic E-state index is 11.8. The van der Waals surface area contributed by atoms with Crippen LogP contribution < -0.4 is 27.4 Å². The van der Waals surface area contributed by atoms with Crippen LogP contribution in [-0.4, -0.2) is 76.8 Å². The second-order valence-electron chi connectivity index (χ2n) is 4.88. The zero-order valence-corrected chi connectivity index (χ0v) is 14.0. The van der Waals surface area contributed by atoms with Gasteiger partial charge in [0.25, 0.3) is 0 Å². The molecule has 9 N–H and O–H groups in total. The van der Waals surface area contributed by atoms with Crippen LogP contribution in [-0.2, 0) is 24.0 Å². The third-order valence-electron chi connectivity index (χ3n) is 2.81. The molecule has 3 atom stereocenters. The van der Waals surface area contributed by atoms with Crippen molar-refractivity contribution in [1.29, 1.82) is 0 Å². The van der Waals surface area contributed by atoms with Gasteiger partial charge in [0.15, 0.2) is 0 Å². The number of carbonyl (C=O) groups excluding carboxylic acids is 4. The van der Waals surface area contributed by atoms with Gasteiger partial charge in [0.05, 0.1) is 25.6 Å². The molecule has 0 aliphatic carbocycles. The van der Waals surface area contributed by atoms with Crippen LogP contribution in [0, 0.1) is 0 Å². The molecule has 0 aromatic heterocycles. The Kier molecular flexibility index (Phi) is 10.2. The summed E-state index contributed by atoms with van der Waals surface area (Å²) < 4.78 is 0. The molecule has 142 valence electrons. The molecule has 0 aromatic carbocycles. The summed E-state index contributed by atoms with van der Waals surface area (Å²) in [7, 11) is 0. The van der Waals surface area contributed by atoms with Crippen molar-refractivity contribution in [2.75, 3.05) is 18.9 Å². The molecule has 13 heteroatoms. The van der Waals surface area contributed by atoms with Crippen LogP contribution >= 0.6 is 12.6 Å². The van der Waals surface area contributed by atoms with Gasteiger partial charge in [-0.15, -0.1) is 0 Å². The van der Waals surface area contributed by atoms with Crippen molar-refractivity contribution in [2.45, 2.75) is 24.5 Å². The summed E-state index contributed by atoms with van der Waals surface area (Å²) in [5.41, 5.74) is 10.3. The first kappa shape index (κ1) is 22.6. The van der Waals surface area contributed by atoms with Gasteiger partial charge in [-0.3, -0.25) is 19.2 Å². The van der Waals surface area contributed by atoms with E-state index in [2.05, 4.69) is 28.6 Å². The lowest BCUT2D eigenvalue weighted by Gasteiger charge is -2.18. The molecule has 0 rings (SSSR count). The molecular formula is C12H21N5O7S. The van der Waals surface area contributed by atoms with Gasteiger partial charge < -0.3 is 37.6 Å². The summed E-state index contributed by atoms with van der Waals surface area (Å²) in [5, 5.41) is 24.2. The first-order valence-electron chi connectivity index (χ1n) is 6.98. The van der Waals surface area contributed by atoms with Gasteiger partial charge in [0, 0.05) is 5.75 Å². The van der Waals surface area contributed by atoms with E-state index in [4.69, 9.17) is 21.7 Å². The van der Waals surface area contributed by atoms with E-state index in [9.17, 15) is 24.0 Å². The van der Waals surface area contributed by atoms with E-state index in [1.165, 1.54) is 0 Å². The zero-order valence-electron chi connectivity index (χ0n) is 13.1. The maximum Gasteiger partial charge on any atom is 0.327 e. The lowest BCUT2D eigenvalue weighted by molar-refractivity contribution is -0.141. The van der Waals surface area contributed by atoms with E-state index in [-0.39, 0.29) is 5.75 Å². The second-order valence-corrected chi connectivity index (χ2v) is 5.24. The van der Waals surface area contributed by atoms with E-state index in [1.54, 1.807) is 0 Å². The lowest BCUT2D eigenvalue weighted by Crippen LogP contribution is -2.55. The van der Waals surface area contributed by atoms with Gasteiger partial charge in [-0.2, -0.15) is 12.6 Å². The molecular weight excluding hydrogens is 358 g/mol. The molecule has 25 heavy (non-hydrogen) atoms. The van der Waals surface area contributed by atoms with Crippen LogP contribution in [0.4, 0.5) is 0 Å². The highest BCUT2D eigenvalue weighted by atomic mass is 32.1. The number of carbonyl (C=O) groups is 5.